The number of hydrogen-bond donors (Lipinski definition) is 0. The highest BCUT2D eigenvalue weighted by Gasteiger charge is 2.43. The van der Waals surface area contributed by atoms with Crippen molar-refractivity contribution in [2.45, 2.75) is 38.6 Å². The normalized spacial score (nSPS) is 13.1. The van der Waals surface area contributed by atoms with Crippen LogP contribution in [0.5, 0.6) is 0 Å². The van der Waals surface area contributed by atoms with E-state index in [1.807, 2.05) is 0 Å². The number of hydrogen-bond acceptors (Lipinski definition) is 4. The number of pyridine rings is 1. The summed E-state index contributed by atoms with van der Waals surface area (Å²) in [6.07, 6.45) is 1.71. The van der Waals surface area contributed by atoms with E-state index in [1.165, 1.54) is 20.8 Å². The van der Waals surface area contributed by atoms with Gasteiger partial charge in [0.15, 0.2) is 0 Å². The van der Waals surface area contributed by atoms with Gasteiger partial charge in [-0.15, -0.1) is 0 Å². The third-order valence-electron chi connectivity index (χ3n) is 2.86. The molecule has 0 radical (unpaired) electrons. The Morgan fingerprint density at radius 3 is 2.59 bits per heavy atom. The van der Waals surface area contributed by atoms with Crippen LogP contribution in [0.2, 0.25) is 0 Å². The van der Waals surface area contributed by atoms with Crippen molar-refractivity contribution >= 4 is 5.78 Å². The number of nitro groups is 1. The van der Waals surface area contributed by atoms with Crippen LogP contribution in [0, 0.1) is 10.1 Å². The van der Waals surface area contributed by atoms with E-state index in [0.29, 0.717) is 5.69 Å². The van der Waals surface area contributed by atoms with Crippen molar-refractivity contribution in [1.29, 1.82) is 0 Å². The van der Waals surface area contributed by atoms with Gasteiger partial charge in [0.1, 0.15) is 5.78 Å². The first-order valence-corrected chi connectivity index (χ1v) is 5.40. The van der Waals surface area contributed by atoms with E-state index >= 15 is 0 Å². The summed E-state index contributed by atoms with van der Waals surface area (Å²) in [5, 5.41) is 11.1. The van der Waals surface area contributed by atoms with Gasteiger partial charge in [-0.05, 0) is 19.1 Å². The van der Waals surface area contributed by atoms with E-state index in [-0.39, 0.29) is 17.1 Å². The second kappa shape index (κ2) is 5.03. The molecular weight excluding hydrogens is 220 g/mol. The Morgan fingerprint density at radius 1 is 1.53 bits per heavy atom. The van der Waals surface area contributed by atoms with Gasteiger partial charge in [-0.1, -0.05) is 6.07 Å². The van der Waals surface area contributed by atoms with Crippen LogP contribution in [0.15, 0.2) is 24.4 Å². The Hall–Kier alpha value is -1.78. The van der Waals surface area contributed by atoms with Crippen molar-refractivity contribution in [3.05, 3.63) is 40.2 Å². The maximum absolute atomic E-state index is 11.2. The summed E-state index contributed by atoms with van der Waals surface area (Å²) in [6.45, 7) is 4.48. The summed E-state index contributed by atoms with van der Waals surface area (Å²) in [6, 6.07) is 5.23. The van der Waals surface area contributed by atoms with Gasteiger partial charge in [-0.3, -0.25) is 15.1 Å². The van der Waals surface area contributed by atoms with E-state index in [2.05, 4.69) is 4.98 Å². The van der Waals surface area contributed by atoms with E-state index in [9.17, 15) is 14.9 Å². The van der Waals surface area contributed by atoms with Gasteiger partial charge < -0.3 is 4.79 Å². The lowest BCUT2D eigenvalue weighted by molar-refractivity contribution is -0.565. The van der Waals surface area contributed by atoms with Crippen LogP contribution in [0.25, 0.3) is 0 Å². The standard InChI is InChI=1S/C12H16N2O3/c1-9(15)8-10(12(2,3)14(16)17)11-6-4-5-7-13-11/h4-7,10H,8H2,1-3H3/t10-/m1/s1. The summed E-state index contributed by atoms with van der Waals surface area (Å²) in [7, 11) is 0. The second-order valence-corrected chi connectivity index (χ2v) is 4.62. The molecule has 1 rings (SSSR count). The zero-order chi connectivity index (χ0) is 13.1. The summed E-state index contributed by atoms with van der Waals surface area (Å²) in [4.78, 5) is 26.1. The third-order valence-corrected chi connectivity index (χ3v) is 2.86. The second-order valence-electron chi connectivity index (χ2n) is 4.62. The Morgan fingerprint density at radius 2 is 2.18 bits per heavy atom. The van der Waals surface area contributed by atoms with Crippen molar-refractivity contribution in [2.75, 3.05) is 0 Å². The minimum absolute atomic E-state index is 0.0735. The Bertz CT molecular complexity index is 415. The van der Waals surface area contributed by atoms with Gasteiger partial charge in [-0.2, -0.15) is 0 Å². The zero-order valence-electron chi connectivity index (χ0n) is 10.2. The fourth-order valence-corrected chi connectivity index (χ4v) is 1.71. The molecule has 1 heterocycles. The molecule has 0 unspecified atom stereocenters. The molecular formula is C12H16N2O3. The molecule has 0 aliphatic heterocycles. The van der Waals surface area contributed by atoms with Crippen LogP contribution in [0.3, 0.4) is 0 Å². The summed E-state index contributed by atoms with van der Waals surface area (Å²) >= 11 is 0. The first-order valence-electron chi connectivity index (χ1n) is 5.40. The van der Waals surface area contributed by atoms with Gasteiger partial charge in [0.05, 0.1) is 11.6 Å². The summed E-state index contributed by atoms with van der Waals surface area (Å²) in [5.41, 5.74) is -0.621. The third kappa shape index (κ3) is 3.09. The average Bonchev–Trinajstić information content (AvgIpc) is 2.26. The Balaban J connectivity index is 3.13. The number of carbonyl (C=O) groups excluding carboxylic acids is 1. The van der Waals surface area contributed by atoms with Crippen molar-refractivity contribution < 1.29 is 9.72 Å². The highest BCUT2D eigenvalue weighted by molar-refractivity contribution is 5.76. The molecule has 0 saturated heterocycles. The molecule has 5 heteroatoms. The molecule has 17 heavy (non-hydrogen) atoms. The molecule has 1 aromatic heterocycles. The van der Waals surface area contributed by atoms with Crippen LogP contribution in [-0.2, 0) is 4.79 Å². The maximum Gasteiger partial charge on any atom is 0.225 e. The topological polar surface area (TPSA) is 73.1 Å². The quantitative estimate of drug-likeness (QED) is 0.580. The first-order chi connectivity index (χ1) is 7.85. The maximum atomic E-state index is 11.2. The van der Waals surface area contributed by atoms with Gasteiger partial charge in [0, 0.05) is 31.4 Å². The zero-order valence-corrected chi connectivity index (χ0v) is 10.2. The van der Waals surface area contributed by atoms with Crippen LogP contribution >= 0.6 is 0 Å². The van der Waals surface area contributed by atoms with Crippen LogP contribution in [0.1, 0.15) is 38.8 Å². The van der Waals surface area contributed by atoms with E-state index in [0.717, 1.165) is 0 Å². The predicted octanol–water partition coefficient (Wildman–Crippen LogP) is 2.20. The van der Waals surface area contributed by atoms with Gasteiger partial charge >= 0.3 is 0 Å². The molecule has 0 fully saturated rings. The molecule has 0 amide bonds. The summed E-state index contributed by atoms with van der Waals surface area (Å²) < 4.78 is 0. The number of ketones is 1. The minimum Gasteiger partial charge on any atom is -0.300 e. The van der Waals surface area contributed by atoms with Crippen LogP contribution < -0.4 is 0 Å². The van der Waals surface area contributed by atoms with Crippen LogP contribution in [-0.4, -0.2) is 21.2 Å². The first kappa shape index (κ1) is 13.3. The monoisotopic (exact) mass is 236 g/mol. The lowest BCUT2D eigenvalue weighted by atomic mass is 9.81. The van der Waals surface area contributed by atoms with Gasteiger partial charge in [0.2, 0.25) is 5.54 Å². The van der Waals surface area contributed by atoms with Crippen molar-refractivity contribution in [2.24, 2.45) is 0 Å². The Labute approximate surface area is 100 Å². The fraction of sp³-hybridized carbons (Fsp3) is 0.500. The molecule has 0 saturated carbocycles. The van der Waals surface area contributed by atoms with Crippen molar-refractivity contribution in [1.82, 2.24) is 4.98 Å². The predicted molar refractivity (Wildman–Crippen MR) is 63.3 cm³/mol. The van der Waals surface area contributed by atoms with E-state index in [1.54, 1.807) is 24.4 Å². The van der Waals surface area contributed by atoms with Gasteiger partial charge in [0.25, 0.3) is 0 Å². The van der Waals surface area contributed by atoms with Gasteiger partial charge in [-0.25, -0.2) is 0 Å². The molecule has 0 aliphatic rings. The molecule has 0 bridgehead atoms. The number of carbonyl (C=O) groups is 1. The molecule has 0 aliphatic carbocycles. The molecule has 92 valence electrons. The number of aromatic nitrogens is 1. The number of rotatable bonds is 5. The van der Waals surface area contributed by atoms with E-state index in [4.69, 9.17) is 0 Å². The molecule has 0 N–H and O–H groups in total. The Kier molecular flexibility index (Phi) is 3.93. The summed E-state index contributed by atoms with van der Waals surface area (Å²) in [5.74, 6) is -0.577. The molecule has 5 nitrogen and oxygen atoms in total. The average molecular weight is 236 g/mol. The minimum atomic E-state index is -1.21. The smallest absolute Gasteiger partial charge is 0.225 e. The largest absolute Gasteiger partial charge is 0.300 e. The molecule has 0 aromatic carbocycles. The van der Waals surface area contributed by atoms with Crippen molar-refractivity contribution in [3.8, 4) is 0 Å². The highest BCUT2D eigenvalue weighted by Crippen LogP contribution is 2.32. The molecule has 0 spiro atoms. The van der Waals surface area contributed by atoms with Crippen molar-refractivity contribution in [3.63, 3.8) is 0 Å². The number of nitrogens with zero attached hydrogens (tertiary/aromatic N) is 2. The lowest BCUT2D eigenvalue weighted by Crippen LogP contribution is -2.39. The van der Waals surface area contributed by atoms with Crippen LogP contribution in [0.4, 0.5) is 0 Å². The SMILES string of the molecule is CC(=O)C[C@H](c1ccccn1)C(C)(C)[N+](=O)[O-]. The molecule has 1 aromatic rings. The fourth-order valence-electron chi connectivity index (χ4n) is 1.71. The highest BCUT2D eigenvalue weighted by atomic mass is 16.6. The molecule has 1 atom stereocenters. The lowest BCUT2D eigenvalue weighted by Gasteiger charge is -2.25. The number of Topliss-reactive ketones (excluding diaryl/α,β-unsaturated/α-hetero) is 1. The van der Waals surface area contributed by atoms with E-state index < -0.39 is 11.5 Å².